The van der Waals surface area contributed by atoms with E-state index in [4.69, 9.17) is 4.74 Å². The molecule has 0 bridgehead atoms. The topological polar surface area (TPSA) is 70.6 Å². The second-order valence-electron chi connectivity index (χ2n) is 7.40. The number of ether oxygens (including phenoxy) is 1. The second kappa shape index (κ2) is 7.56. The molecule has 0 unspecified atom stereocenters. The van der Waals surface area contributed by atoms with E-state index >= 15 is 0 Å². The number of rotatable bonds is 5. The number of hydrogen-bond acceptors (Lipinski definition) is 5. The lowest BCUT2D eigenvalue weighted by molar-refractivity contribution is 0.159. The number of anilines is 1. The van der Waals surface area contributed by atoms with Gasteiger partial charge in [-0.25, -0.2) is 14.8 Å². The third-order valence-corrected chi connectivity index (χ3v) is 5.31. The van der Waals surface area contributed by atoms with Gasteiger partial charge in [0.2, 0.25) is 5.95 Å². The van der Waals surface area contributed by atoms with Gasteiger partial charge in [-0.3, -0.25) is 0 Å². The van der Waals surface area contributed by atoms with E-state index in [1.54, 1.807) is 12.4 Å². The molecular weight excluding hydrogens is 318 g/mol. The molecule has 3 aliphatic rings. The molecule has 3 fully saturated rings. The van der Waals surface area contributed by atoms with Crippen LogP contribution in [-0.4, -0.2) is 65.8 Å². The van der Waals surface area contributed by atoms with Gasteiger partial charge in [0, 0.05) is 56.6 Å². The number of carbonyl (C=O) groups is 1. The number of nitrogens with one attached hydrogen (secondary N) is 1. The van der Waals surface area contributed by atoms with Gasteiger partial charge < -0.3 is 19.9 Å². The molecule has 25 heavy (non-hydrogen) atoms. The average Bonchev–Trinajstić information content (AvgIpc) is 3.36. The number of aromatic nitrogens is 2. The summed E-state index contributed by atoms with van der Waals surface area (Å²) in [4.78, 5) is 25.7. The van der Waals surface area contributed by atoms with E-state index in [0.717, 1.165) is 70.9 Å². The van der Waals surface area contributed by atoms with Crippen LogP contribution in [0, 0.1) is 5.92 Å². The molecular formula is C18H27N5O2. The molecule has 136 valence electrons. The van der Waals surface area contributed by atoms with Crippen molar-refractivity contribution < 1.29 is 9.53 Å². The molecule has 1 aromatic heterocycles. The molecule has 0 radical (unpaired) electrons. The molecule has 7 heteroatoms. The predicted octanol–water partition coefficient (Wildman–Crippen LogP) is 1.66. The van der Waals surface area contributed by atoms with E-state index in [9.17, 15) is 4.79 Å². The zero-order chi connectivity index (χ0) is 17.1. The molecule has 2 amide bonds. The van der Waals surface area contributed by atoms with Crippen LogP contribution < -0.4 is 10.2 Å². The van der Waals surface area contributed by atoms with Gasteiger partial charge >= 0.3 is 6.03 Å². The minimum atomic E-state index is 0.0928. The zero-order valence-electron chi connectivity index (χ0n) is 14.6. The van der Waals surface area contributed by atoms with Crippen molar-refractivity contribution in [1.29, 1.82) is 0 Å². The maximum Gasteiger partial charge on any atom is 0.317 e. The maximum absolute atomic E-state index is 12.8. The van der Waals surface area contributed by atoms with Crippen molar-refractivity contribution in [2.75, 3.05) is 37.7 Å². The molecule has 0 aromatic carbocycles. The maximum atomic E-state index is 12.8. The number of nitrogens with zero attached hydrogens (tertiary/aromatic N) is 4. The van der Waals surface area contributed by atoms with Crippen molar-refractivity contribution in [3.63, 3.8) is 0 Å². The fourth-order valence-electron chi connectivity index (χ4n) is 3.78. The van der Waals surface area contributed by atoms with Crippen LogP contribution in [0.25, 0.3) is 0 Å². The third kappa shape index (κ3) is 4.21. The second-order valence-corrected chi connectivity index (χ2v) is 7.40. The smallest absolute Gasteiger partial charge is 0.317 e. The molecule has 0 spiro atoms. The van der Waals surface area contributed by atoms with Gasteiger partial charge in [0.05, 0.1) is 6.61 Å². The summed E-state index contributed by atoms with van der Waals surface area (Å²) in [6.45, 7) is 4.18. The number of hydrogen-bond donors (Lipinski definition) is 1. The summed E-state index contributed by atoms with van der Waals surface area (Å²) in [6, 6.07) is 2.51. The summed E-state index contributed by atoms with van der Waals surface area (Å²) in [5, 5.41) is 3.26. The first-order valence-electron chi connectivity index (χ1n) is 9.46. The van der Waals surface area contributed by atoms with Crippen molar-refractivity contribution >= 4 is 12.0 Å². The summed E-state index contributed by atoms with van der Waals surface area (Å²) in [7, 11) is 0. The summed E-state index contributed by atoms with van der Waals surface area (Å²) >= 11 is 0. The van der Waals surface area contributed by atoms with Crippen LogP contribution in [0.2, 0.25) is 0 Å². The molecule has 7 nitrogen and oxygen atoms in total. The zero-order valence-corrected chi connectivity index (χ0v) is 14.6. The first-order valence-corrected chi connectivity index (χ1v) is 9.46. The van der Waals surface area contributed by atoms with Crippen molar-refractivity contribution in [3.05, 3.63) is 18.5 Å². The van der Waals surface area contributed by atoms with Gasteiger partial charge in [-0.15, -0.1) is 0 Å². The Bertz CT molecular complexity index is 574. The minimum absolute atomic E-state index is 0.0928. The van der Waals surface area contributed by atoms with Crippen LogP contribution in [0.1, 0.15) is 32.1 Å². The minimum Gasteiger partial charge on any atom is -0.381 e. The van der Waals surface area contributed by atoms with Gasteiger partial charge in [-0.05, 0) is 38.2 Å². The fourth-order valence-corrected chi connectivity index (χ4v) is 3.78. The van der Waals surface area contributed by atoms with E-state index in [-0.39, 0.29) is 12.1 Å². The van der Waals surface area contributed by atoms with Crippen molar-refractivity contribution in [2.24, 2.45) is 5.92 Å². The Kier molecular flexibility index (Phi) is 5.01. The largest absolute Gasteiger partial charge is 0.381 e. The van der Waals surface area contributed by atoms with E-state index in [2.05, 4.69) is 25.1 Å². The Morgan fingerprint density at radius 1 is 1.28 bits per heavy atom. The van der Waals surface area contributed by atoms with Crippen LogP contribution in [-0.2, 0) is 4.74 Å². The van der Waals surface area contributed by atoms with E-state index < -0.39 is 0 Å². The van der Waals surface area contributed by atoms with Crippen LogP contribution in [0.15, 0.2) is 18.5 Å². The molecule has 4 rings (SSSR count). The number of urea groups is 1. The molecule has 3 heterocycles. The van der Waals surface area contributed by atoms with Crippen molar-refractivity contribution in [2.45, 2.75) is 44.2 Å². The normalized spacial score (nSPS) is 26.5. The summed E-state index contributed by atoms with van der Waals surface area (Å²) in [5.41, 5.74) is 0. The predicted molar refractivity (Wildman–Crippen MR) is 94.5 cm³/mol. The monoisotopic (exact) mass is 345 g/mol. The van der Waals surface area contributed by atoms with Crippen LogP contribution >= 0.6 is 0 Å². The molecule has 1 N–H and O–H groups in total. The van der Waals surface area contributed by atoms with Gasteiger partial charge in [0.25, 0.3) is 0 Å². The summed E-state index contributed by atoms with van der Waals surface area (Å²) < 4.78 is 5.47. The van der Waals surface area contributed by atoms with Crippen molar-refractivity contribution in [1.82, 2.24) is 20.2 Å². The molecule has 2 aliphatic heterocycles. The number of amides is 2. The Balaban J connectivity index is 1.34. The van der Waals surface area contributed by atoms with Crippen LogP contribution in [0.3, 0.4) is 0 Å². The summed E-state index contributed by atoms with van der Waals surface area (Å²) in [5.74, 6) is 1.25. The van der Waals surface area contributed by atoms with E-state index in [1.807, 2.05) is 6.07 Å². The van der Waals surface area contributed by atoms with Gasteiger partial charge in [0.1, 0.15) is 0 Å². The lowest BCUT2D eigenvalue weighted by Crippen LogP contribution is -2.53. The first-order chi connectivity index (χ1) is 12.3. The Morgan fingerprint density at radius 3 is 2.84 bits per heavy atom. The summed E-state index contributed by atoms with van der Waals surface area (Å²) in [6.07, 6.45) is 8.93. The van der Waals surface area contributed by atoms with E-state index in [1.165, 1.54) is 0 Å². The van der Waals surface area contributed by atoms with Gasteiger partial charge in [-0.1, -0.05) is 0 Å². The lowest BCUT2D eigenvalue weighted by Gasteiger charge is -2.35. The third-order valence-electron chi connectivity index (χ3n) is 5.31. The van der Waals surface area contributed by atoms with Crippen LogP contribution in [0.4, 0.5) is 10.7 Å². The Labute approximate surface area is 148 Å². The number of carbonyl (C=O) groups excluding carboxylic acids is 1. The molecule has 1 aliphatic carbocycles. The van der Waals surface area contributed by atoms with Crippen molar-refractivity contribution in [3.8, 4) is 0 Å². The highest BCUT2D eigenvalue weighted by molar-refractivity contribution is 5.75. The Morgan fingerprint density at radius 2 is 2.12 bits per heavy atom. The Hall–Kier alpha value is -1.89. The molecule has 1 aromatic rings. The van der Waals surface area contributed by atoms with Gasteiger partial charge in [-0.2, -0.15) is 0 Å². The first kappa shape index (κ1) is 16.6. The number of piperidine rings is 1. The lowest BCUT2D eigenvalue weighted by atomic mass is 10.1. The highest BCUT2D eigenvalue weighted by Crippen LogP contribution is 2.29. The van der Waals surface area contributed by atoms with E-state index in [0.29, 0.717) is 12.0 Å². The highest BCUT2D eigenvalue weighted by Gasteiger charge is 2.36. The van der Waals surface area contributed by atoms with Crippen LogP contribution in [0.5, 0.6) is 0 Å². The SMILES string of the molecule is O=C(N[C@H]1CCCN(c2ncccn2)C1)N(C[C@H]1CCOC1)C1CC1. The standard InChI is InChI=1S/C18H27N5O2/c24-18(23(16-4-5-16)11-14-6-10-25-13-14)21-15-3-1-9-22(12-15)17-19-7-2-8-20-17/h2,7-8,14-16H,1,3-6,9-13H2,(H,21,24)/t14-,15+/m1/s1. The quantitative estimate of drug-likeness (QED) is 0.879. The molecule has 2 saturated heterocycles. The fraction of sp³-hybridized carbons (Fsp3) is 0.722. The van der Waals surface area contributed by atoms with Gasteiger partial charge in [0.15, 0.2) is 0 Å². The highest BCUT2D eigenvalue weighted by atomic mass is 16.5. The molecule has 2 atom stereocenters. The average molecular weight is 345 g/mol. The molecule has 1 saturated carbocycles.